The Labute approximate surface area is 115 Å². The van der Waals surface area contributed by atoms with Crippen molar-refractivity contribution in [2.45, 2.75) is 45.4 Å². The number of benzene rings is 1. The zero-order valence-electron chi connectivity index (χ0n) is 11.9. The van der Waals surface area contributed by atoms with Crippen molar-refractivity contribution in [2.75, 3.05) is 11.9 Å². The van der Waals surface area contributed by atoms with Crippen LogP contribution in [-0.4, -0.2) is 18.7 Å². The van der Waals surface area contributed by atoms with Crippen LogP contribution in [0.5, 0.6) is 0 Å². The molecule has 0 saturated carbocycles. The van der Waals surface area contributed by atoms with Crippen LogP contribution in [0.1, 0.15) is 45.4 Å². The molecule has 1 aromatic carbocycles. The van der Waals surface area contributed by atoms with Gasteiger partial charge in [-0.25, -0.2) is 0 Å². The molecule has 0 saturated heterocycles. The van der Waals surface area contributed by atoms with E-state index in [1.807, 2.05) is 37.4 Å². The third kappa shape index (κ3) is 6.18. The fourth-order valence-corrected chi connectivity index (χ4v) is 1.97. The molecule has 0 aromatic heterocycles. The molecule has 0 aliphatic carbocycles. The van der Waals surface area contributed by atoms with E-state index in [4.69, 9.17) is 0 Å². The van der Waals surface area contributed by atoms with Gasteiger partial charge in [-0.1, -0.05) is 31.0 Å². The van der Waals surface area contributed by atoms with E-state index in [2.05, 4.69) is 0 Å². The van der Waals surface area contributed by atoms with Gasteiger partial charge in [0, 0.05) is 25.6 Å². The number of carbonyl (C=O) groups excluding carboxylic acids is 2. The van der Waals surface area contributed by atoms with Crippen molar-refractivity contribution in [2.24, 2.45) is 0 Å². The Morgan fingerprint density at radius 3 is 2.11 bits per heavy atom. The number of nitrogens with zero attached hydrogens (tertiary/aromatic N) is 1. The summed E-state index contributed by atoms with van der Waals surface area (Å²) in [7, 11) is 1.81. The van der Waals surface area contributed by atoms with Crippen molar-refractivity contribution in [1.82, 2.24) is 0 Å². The molecule has 3 heteroatoms. The summed E-state index contributed by atoms with van der Waals surface area (Å²) in [6, 6.07) is 9.67. The van der Waals surface area contributed by atoms with E-state index in [9.17, 15) is 9.59 Å². The highest BCUT2D eigenvalue weighted by Crippen LogP contribution is 2.14. The first-order chi connectivity index (χ1) is 9.11. The number of unbranched alkanes of at least 4 members (excludes halogenated alkanes) is 3. The van der Waals surface area contributed by atoms with Crippen LogP contribution < -0.4 is 4.90 Å². The number of para-hydroxylation sites is 1. The number of anilines is 1. The number of ketones is 1. The monoisotopic (exact) mass is 261 g/mol. The van der Waals surface area contributed by atoms with Crippen LogP contribution in [0.3, 0.4) is 0 Å². The predicted molar refractivity (Wildman–Crippen MR) is 78.2 cm³/mol. The smallest absolute Gasteiger partial charge is 0.226 e. The van der Waals surface area contributed by atoms with Crippen LogP contribution in [0.4, 0.5) is 5.69 Å². The van der Waals surface area contributed by atoms with Gasteiger partial charge in [-0.2, -0.15) is 0 Å². The predicted octanol–water partition coefficient (Wildman–Crippen LogP) is 3.58. The van der Waals surface area contributed by atoms with E-state index >= 15 is 0 Å². The van der Waals surface area contributed by atoms with Gasteiger partial charge in [-0.15, -0.1) is 0 Å². The van der Waals surface area contributed by atoms with Gasteiger partial charge in [0.15, 0.2) is 0 Å². The minimum Gasteiger partial charge on any atom is -0.316 e. The van der Waals surface area contributed by atoms with Crippen molar-refractivity contribution >= 4 is 17.4 Å². The summed E-state index contributed by atoms with van der Waals surface area (Å²) in [4.78, 5) is 24.4. The first kappa shape index (κ1) is 15.4. The fourth-order valence-electron chi connectivity index (χ4n) is 1.97. The highest BCUT2D eigenvalue weighted by molar-refractivity contribution is 5.92. The lowest BCUT2D eigenvalue weighted by Gasteiger charge is -2.17. The molecule has 0 aliphatic heterocycles. The number of carbonyl (C=O) groups is 2. The molecule has 0 N–H and O–H groups in total. The molecule has 1 amide bonds. The van der Waals surface area contributed by atoms with Crippen molar-refractivity contribution in [3.05, 3.63) is 30.3 Å². The lowest BCUT2D eigenvalue weighted by Crippen LogP contribution is -2.25. The molecule has 0 spiro atoms. The molecule has 3 nitrogen and oxygen atoms in total. The molecule has 0 bridgehead atoms. The van der Waals surface area contributed by atoms with Crippen LogP contribution in [0, 0.1) is 0 Å². The summed E-state index contributed by atoms with van der Waals surface area (Å²) in [6.07, 6.45) is 5.12. The van der Waals surface area contributed by atoms with E-state index in [-0.39, 0.29) is 11.7 Å². The molecular weight excluding hydrogens is 238 g/mol. The number of rotatable bonds is 8. The SMILES string of the molecule is CC(=O)CCCCCCC(=O)N(C)c1ccccc1. The lowest BCUT2D eigenvalue weighted by molar-refractivity contribution is -0.119. The molecule has 1 aromatic rings. The molecule has 19 heavy (non-hydrogen) atoms. The van der Waals surface area contributed by atoms with Crippen molar-refractivity contribution in [3.63, 3.8) is 0 Å². The van der Waals surface area contributed by atoms with Crippen LogP contribution >= 0.6 is 0 Å². The van der Waals surface area contributed by atoms with Gasteiger partial charge in [-0.05, 0) is 31.9 Å². The average Bonchev–Trinajstić information content (AvgIpc) is 2.42. The van der Waals surface area contributed by atoms with Gasteiger partial charge >= 0.3 is 0 Å². The molecule has 0 radical (unpaired) electrons. The highest BCUT2D eigenvalue weighted by Gasteiger charge is 2.09. The summed E-state index contributed by atoms with van der Waals surface area (Å²) >= 11 is 0. The van der Waals surface area contributed by atoms with E-state index in [0.717, 1.165) is 31.4 Å². The van der Waals surface area contributed by atoms with Crippen LogP contribution in [-0.2, 0) is 9.59 Å². The molecule has 104 valence electrons. The third-order valence-electron chi connectivity index (χ3n) is 3.19. The Morgan fingerprint density at radius 1 is 0.947 bits per heavy atom. The van der Waals surface area contributed by atoms with E-state index < -0.39 is 0 Å². The van der Waals surface area contributed by atoms with Gasteiger partial charge in [0.2, 0.25) is 5.91 Å². The zero-order valence-corrected chi connectivity index (χ0v) is 11.9. The van der Waals surface area contributed by atoms with Crippen LogP contribution in [0.25, 0.3) is 0 Å². The number of Topliss-reactive ketones (excluding diaryl/α,β-unsaturated/α-hetero) is 1. The maximum absolute atomic E-state index is 12.0. The van der Waals surface area contributed by atoms with Crippen LogP contribution in [0.2, 0.25) is 0 Å². The number of hydrogen-bond acceptors (Lipinski definition) is 2. The molecule has 0 atom stereocenters. The maximum atomic E-state index is 12.0. The Hall–Kier alpha value is -1.64. The molecule has 0 heterocycles. The van der Waals surface area contributed by atoms with Gasteiger partial charge in [0.25, 0.3) is 0 Å². The second-order valence-corrected chi connectivity index (χ2v) is 4.90. The van der Waals surface area contributed by atoms with E-state index in [1.54, 1.807) is 11.8 Å². The second-order valence-electron chi connectivity index (χ2n) is 4.90. The minimum absolute atomic E-state index is 0.151. The highest BCUT2D eigenvalue weighted by atomic mass is 16.2. The molecule has 0 aliphatic rings. The Bertz CT molecular complexity index is 400. The molecule has 1 rings (SSSR count). The Balaban J connectivity index is 2.19. The summed E-state index contributed by atoms with van der Waals surface area (Å²) in [6.45, 7) is 1.62. The molecule has 0 fully saturated rings. The van der Waals surface area contributed by atoms with Gasteiger partial charge in [-0.3, -0.25) is 4.79 Å². The van der Waals surface area contributed by atoms with Gasteiger partial charge < -0.3 is 9.69 Å². The number of amides is 1. The molecular formula is C16H23NO2. The normalized spacial score (nSPS) is 10.2. The standard InChI is InChI=1S/C16H23NO2/c1-14(18)10-6-3-4-9-13-16(19)17(2)15-11-7-5-8-12-15/h5,7-8,11-12H,3-4,6,9-10,13H2,1-2H3. The topological polar surface area (TPSA) is 37.4 Å². The Morgan fingerprint density at radius 2 is 1.53 bits per heavy atom. The zero-order chi connectivity index (χ0) is 14.1. The van der Waals surface area contributed by atoms with E-state index in [0.29, 0.717) is 12.8 Å². The average molecular weight is 261 g/mol. The van der Waals surface area contributed by atoms with Crippen molar-refractivity contribution in [1.29, 1.82) is 0 Å². The number of hydrogen-bond donors (Lipinski definition) is 0. The summed E-state index contributed by atoms with van der Waals surface area (Å²) < 4.78 is 0. The second kappa shape index (κ2) is 8.46. The van der Waals surface area contributed by atoms with Crippen molar-refractivity contribution < 1.29 is 9.59 Å². The van der Waals surface area contributed by atoms with Gasteiger partial charge in [0.1, 0.15) is 5.78 Å². The van der Waals surface area contributed by atoms with E-state index in [1.165, 1.54) is 0 Å². The van der Waals surface area contributed by atoms with Gasteiger partial charge in [0.05, 0.1) is 0 Å². The third-order valence-corrected chi connectivity index (χ3v) is 3.19. The first-order valence-electron chi connectivity index (χ1n) is 6.92. The largest absolute Gasteiger partial charge is 0.316 e. The fraction of sp³-hybridized carbons (Fsp3) is 0.500. The Kier molecular flexibility index (Phi) is 6.86. The quantitative estimate of drug-likeness (QED) is 0.671. The van der Waals surface area contributed by atoms with Crippen molar-refractivity contribution in [3.8, 4) is 0 Å². The molecule has 0 unspecified atom stereocenters. The minimum atomic E-state index is 0.151. The lowest BCUT2D eigenvalue weighted by atomic mass is 10.1. The maximum Gasteiger partial charge on any atom is 0.226 e. The summed E-state index contributed by atoms with van der Waals surface area (Å²) in [5.74, 6) is 0.401. The summed E-state index contributed by atoms with van der Waals surface area (Å²) in [5.41, 5.74) is 0.934. The first-order valence-corrected chi connectivity index (χ1v) is 6.92. The van der Waals surface area contributed by atoms with Crippen LogP contribution in [0.15, 0.2) is 30.3 Å². The summed E-state index contributed by atoms with van der Waals surface area (Å²) in [5, 5.41) is 0.